The number of rotatable bonds is 13. The molecule has 0 aliphatic carbocycles. The lowest BCUT2D eigenvalue weighted by Crippen LogP contribution is -2.44. The van der Waals surface area contributed by atoms with Crippen LogP contribution < -0.4 is 20.1 Å². The number of nitrogens with one attached hydrogen (secondary N) is 2. The van der Waals surface area contributed by atoms with Gasteiger partial charge in [0.25, 0.3) is 5.91 Å². The average molecular weight is 434 g/mol. The molecule has 1 aromatic rings. The topological polar surface area (TPSA) is 97.0 Å². The summed E-state index contributed by atoms with van der Waals surface area (Å²) in [6.45, 7) is 8.15. The fourth-order valence-electron chi connectivity index (χ4n) is 3.62. The van der Waals surface area contributed by atoms with Crippen molar-refractivity contribution >= 4 is 23.5 Å². The Hall–Kier alpha value is -2.77. The number of hydrogen-bond acceptors (Lipinski definition) is 5. The summed E-state index contributed by atoms with van der Waals surface area (Å²) in [4.78, 5) is 38.9. The highest BCUT2D eigenvalue weighted by atomic mass is 16.5. The lowest BCUT2D eigenvalue weighted by atomic mass is 9.94. The Morgan fingerprint density at radius 3 is 2.45 bits per heavy atom. The molecule has 1 aromatic carbocycles. The molecule has 0 aromatic heterocycles. The first-order valence-corrected chi connectivity index (χ1v) is 11.2. The van der Waals surface area contributed by atoms with Gasteiger partial charge in [0.1, 0.15) is 23.6 Å². The number of urea groups is 1. The number of nitrogens with zero attached hydrogens (tertiary/aromatic N) is 1. The normalized spacial score (nSPS) is 18.1. The number of imide groups is 1. The molecule has 1 saturated heterocycles. The van der Waals surface area contributed by atoms with Crippen molar-refractivity contribution in [3.05, 3.63) is 18.2 Å². The maximum Gasteiger partial charge on any atom is 0.325 e. The van der Waals surface area contributed by atoms with Crippen LogP contribution in [0.15, 0.2) is 18.2 Å². The second-order valence-corrected chi connectivity index (χ2v) is 7.89. The monoisotopic (exact) mass is 433 g/mol. The number of amides is 4. The molecule has 4 amide bonds. The molecular weight excluding hydrogens is 398 g/mol. The Balaban J connectivity index is 2.01. The van der Waals surface area contributed by atoms with E-state index in [0.717, 1.165) is 37.0 Å². The standard InChI is InChI=1S/C23H35N3O5/c1-5-8-9-10-11-14-23(4)21(28)26(22(29)25-23)16-20(27)24-18-15-17(30-6-2)12-13-19(18)31-7-3/h12-13,15H,5-11,14,16H2,1-4H3,(H,24,27)(H,25,29). The predicted molar refractivity (Wildman–Crippen MR) is 119 cm³/mol. The van der Waals surface area contributed by atoms with Gasteiger partial charge in [0.2, 0.25) is 5.91 Å². The predicted octanol–water partition coefficient (Wildman–Crippen LogP) is 4.09. The van der Waals surface area contributed by atoms with Gasteiger partial charge in [-0.1, -0.05) is 39.0 Å². The maximum atomic E-state index is 12.9. The first-order chi connectivity index (χ1) is 14.8. The zero-order valence-corrected chi connectivity index (χ0v) is 19.1. The number of carbonyl (C=O) groups is 3. The van der Waals surface area contributed by atoms with Crippen molar-refractivity contribution in [1.29, 1.82) is 0 Å². The third-order valence-electron chi connectivity index (χ3n) is 5.26. The van der Waals surface area contributed by atoms with E-state index in [1.165, 1.54) is 0 Å². The Bertz CT molecular complexity index is 782. The van der Waals surface area contributed by atoms with Gasteiger partial charge in [0, 0.05) is 6.07 Å². The van der Waals surface area contributed by atoms with E-state index >= 15 is 0 Å². The van der Waals surface area contributed by atoms with Crippen LogP contribution in [0.2, 0.25) is 0 Å². The molecule has 0 bridgehead atoms. The number of hydrogen-bond donors (Lipinski definition) is 2. The number of benzene rings is 1. The lowest BCUT2D eigenvalue weighted by molar-refractivity contribution is -0.133. The largest absolute Gasteiger partial charge is 0.494 e. The van der Waals surface area contributed by atoms with Crippen LogP contribution in [0, 0.1) is 0 Å². The van der Waals surface area contributed by atoms with Gasteiger partial charge in [-0.05, 0) is 39.3 Å². The van der Waals surface area contributed by atoms with Gasteiger partial charge in [-0.25, -0.2) is 4.79 Å². The zero-order chi connectivity index (χ0) is 22.9. The minimum atomic E-state index is -0.963. The highest BCUT2D eigenvalue weighted by Gasteiger charge is 2.47. The number of carbonyl (C=O) groups excluding carboxylic acids is 3. The molecule has 1 aliphatic heterocycles. The summed E-state index contributed by atoms with van der Waals surface area (Å²) in [6, 6.07) is 4.60. The summed E-state index contributed by atoms with van der Waals surface area (Å²) in [7, 11) is 0. The first kappa shape index (κ1) is 24.5. The van der Waals surface area contributed by atoms with Gasteiger partial charge in [0.15, 0.2) is 0 Å². The third kappa shape index (κ3) is 6.60. The lowest BCUT2D eigenvalue weighted by Gasteiger charge is -2.21. The Morgan fingerprint density at radius 1 is 1.06 bits per heavy atom. The molecule has 1 aliphatic rings. The first-order valence-electron chi connectivity index (χ1n) is 11.2. The van der Waals surface area contributed by atoms with E-state index < -0.39 is 17.5 Å². The molecule has 31 heavy (non-hydrogen) atoms. The third-order valence-corrected chi connectivity index (χ3v) is 5.26. The van der Waals surface area contributed by atoms with Crippen molar-refractivity contribution in [2.45, 2.75) is 71.8 Å². The van der Waals surface area contributed by atoms with E-state index in [1.54, 1.807) is 25.1 Å². The van der Waals surface area contributed by atoms with Gasteiger partial charge in [0.05, 0.1) is 18.9 Å². The van der Waals surface area contributed by atoms with Crippen LogP contribution in [-0.2, 0) is 9.59 Å². The van der Waals surface area contributed by atoms with Crippen molar-refractivity contribution in [2.24, 2.45) is 0 Å². The molecule has 2 N–H and O–H groups in total. The number of unbranched alkanes of at least 4 members (excludes halogenated alkanes) is 4. The summed E-state index contributed by atoms with van der Waals surface area (Å²) in [5.74, 6) is 0.238. The van der Waals surface area contributed by atoms with Crippen LogP contribution >= 0.6 is 0 Å². The van der Waals surface area contributed by atoms with Crippen molar-refractivity contribution in [1.82, 2.24) is 10.2 Å². The summed E-state index contributed by atoms with van der Waals surface area (Å²) in [6.07, 6.45) is 5.86. The minimum Gasteiger partial charge on any atom is -0.494 e. The van der Waals surface area contributed by atoms with Crippen LogP contribution in [0.3, 0.4) is 0 Å². The number of ether oxygens (including phenoxy) is 2. The summed E-state index contributed by atoms with van der Waals surface area (Å²) in [5, 5.41) is 5.50. The zero-order valence-electron chi connectivity index (χ0n) is 19.1. The molecule has 1 heterocycles. The van der Waals surface area contributed by atoms with Crippen LogP contribution in [0.25, 0.3) is 0 Å². The van der Waals surface area contributed by atoms with Crippen LogP contribution in [0.4, 0.5) is 10.5 Å². The fourth-order valence-corrected chi connectivity index (χ4v) is 3.62. The molecule has 2 rings (SSSR count). The van der Waals surface area contributed by atoms with Crippen molar-refractivity contribution in [3.8, 4) is 11.5 Å². The molecule has 8 heteroatoms. The average Bonchev–Trinajstić information content (AvgIpc) is 2.93. The second-order valence-electron chi connectivity index (χ2n) is 7.89. The quantitative estimate of drug-likeness (QED) is 0.361. The summed E-state index contributed by atoms with van der Waals surface area (Å²) < 4.78 is 11.0. The smallest absolute Gasteiger partial charge is 0.325 e. The molecule has 0 saturated carbocycles. The Labute approximate surface area is 184 Å². The van der Waals surface area contributed by atoms with Crippen LogP contribution in [0.1, 0.15) is 66.2 Å². The molecule has 0 radical (unpaired) electrons. The van der Waals surface area contributed by atoms with E-state index in [0.29, 0.717) is 36.8 Å². The van der Waals surface area contributed by atoms with Crippen LogP contribution in [0.5, 0.6) is 11.5 Å². The molecule has 1 unspecified atom stereocenters. The van der Waals surface area contributed by atoms with Crippen molar-refractivity contribution in [3.63, 3.8) is 0 Å². The van der Waals surface area contributed by atoms with E-state index in [2.05, 4.69) is 17.6 Å². The van der Waals surface area contributed by atoms with E-state index in [4.69, 9.17) is 9.47 Å². The molecular formula is C23H35N3O5. The second kappa shape index (κ2) is 11.6. The van der Waals surface area contributed by atoms with Gasteiger partial charge in [-0.3, -0.25) is 14.5 Å². The molecule has 1 atom stereocenters. The van der Waals surface area contributed by atoms with Gasteiger partial charge in [-0.2, -0.15) is 0 Å². The van der Waals surface area contributed by atoms with Crippen LogP contribution in [-0.4, -0.2) is 48.0 Å². The van der Waals surface area contributed by atoms with Gasteiger partial charge in [-0.15, -0.1) is 0 Å². The van der Waals surface area contributed by atoms with E-state index in [9.17, 15) is 14.4 Å². The van der Waals surface area contributed by atoms with Gasteiger partial charge < -0.3 is 20.1 Å². The van der Waals surface area contributed by atoms with Crippen molar-refractivity contribution in [2.75, 3.05) is 25.1 Å². The molecule has 0 spiro atoms. The summed E-state index contributed by atoms with van der Waals surface area (Å²) >= 11 is 0. The summed E-state index contributed by atoms with van der Waals surface area (Å²) in [5.41, 5.74) is -0.530. The maximum absolute atomic E-state index is 12.9. The SMILES string of the molecule is CCCCCCCC1(C)NC(=O)N(CC(=O)Nc2cc(OCC)ccc2OCC)C1=O. The molecule has 8 nitrogen and oxygen atoms in total. The van der Waals surface area contributed by atoms with E-state index in [-0.39, 0.29) is 12.5 Å². The van der Waals surface area contributed by atoms with Gasteiger partial charge >= 0.3 is 6.03 Å². The molecule has 1 fully saturated rings. The Morgan fingerprint density at radius 2 is 1.77 bits per heavy atom. The van der Waals surface area contributed by atoms with Crippen molar-refractivity contribution < 1.29 is 23.9 Å². The Kier molecular flexibility index (Phi) is 9.15. The minimum absolute atomic E-state index is 0.361. The van der Waals surface area contributed by atoms with E-state index in [1.807, 2.05) is 13.8 Å². The fraction of sp³-hybridized carbons (Fsp3) is 0.609. The highest BCUT2D eigenvalue weighted by molar-refractivity contribution is 6.10. The highest BCUT2D eigenvalue weighted by Crippen LogP contribution is 2.30. The number of anilines is 1. The molecule has 172 valence electrons.